The van der Waals surface area contributed by atoms with Gasteiger partial charge in [-0.15, -0.1) is 0 Å². The van der Waals surface area contributed by atoms with Crippen LogP contribution in [0.15, 0.2) is 24.3 Å². The number of benzene rings is 1. The molecule has 0 aliphatic carbocycles. The van der Waals surface area contributed by atoms with E-state index in [0.29, 0.717) is 6.54 Å². The molecule has 0 heterocycles. The summed E-state index contributed by atoms with van der Waals surface area (Å²) >= 11 is 0. The molecule has 0 saturated heterocycles. The van der Waals surface area contributed by atoms with E-state index in [1.54, 1.807) is 6.92 Å². The predicted molar refractivity (Wildman–Crippen MR) is 94.2 cm³/mol. The highest BCUT2D eigenvalue weighted by atomic mass is 16.3. The van der Waals surface area contributed by atoms with Crippen LogP contribution in [0.1, 0.15) is 38.3 Å². The Kier molecular flexibility index (Phi) is 7.52. The molecular weight excluding hydrogens is 290 g/mol. The molecule has 23 heavy (non-hydrogen) atoms. The summed E-state index contributed by atoms with van der Waals surface area (Å²) in [5, 5.41) is 15.9. The molecule has 0 aliphatic rings. The Bertz CT molecular complexity index is 501. The predicted octanol–water partition coefficient (Wildman–Crippen LogP) is 2.34. The third kappa shape index (κ3) is 6.59. The molecule has 1 aromatic rings. The van der Waals surface area contributed by atoms with Gasteiger partial charge in [-0.1, -0.05) is 44.5 Å². The average molecular weight is 321 g/mol. The summed E-state index contributed by atoms with van der Waals surface area (Å²) in [6.07, 6.45) is 0.869. The zero-order valence-corrected chi connectivity index (χ0v) is 15.0. The van der Waals surface area contributed by atoms with Crippen molar-refractivity contribution >= 4 is 6.03 Å². The topological polar surface area (TPSA) is 64.6 Å². The van der Waals surface area contributed by atoms with Crippen LogP contribution < -0.4 is 10.6 Å². The highest BCUT2D eigenvalue weighted by Crippen LogP contribution is 2.18. The number of hydrogen-bond acceptors (Lipinski definition) is 3. The molecule has 0 radical (unpaired) electrons. The first-order valence-corrected chi connectivity index (χ1v) is 8.21. The Hall–Kier alpha value is -1.59. The number of nitrogens with zero attached hydrogens (tertiary/aromatic N) is 1. The van der Waals surface area contributed by atoms with Crippen LogP contribution in [0.4, 0.5) is 4.79 Å². The van der Waals surface area contributed by atoms with Crippen LogP contribution in [-0.2, 0) is 13.1 Å². The molecule has 5 heteroatoms. The number of amides is 2. The molecule has 0 aromatic heterocycles. The van der Waals surface area contributed by atoms with Gasteiger partial charge in [-0.05, 0) is 38.1 Å². The molecule has 1 aromatic carbocycles. The second-order valence-electron chi connectivity index (χ2n) is 6.71. The summed E-state index contributed by atoms with van der Waals surface area (Å²) in [5.74, 6) is 0.128. The number of nitrogens with one attached hydrogen (secondary N) is 2. The van der Waals surface area contributed by atoms with Crippen molar-refractivity contribution in [2.75, 3.05) is 20.6 Å². The van der Waals surface area contributed by atoms with Crippen LogP contribution >= 0.6 is 0 Å². The van der Waals surface area contributed by atoms with Crippen LogP contribution in [-0.4, -0.2) is 42.3 Å². The first-order valence-electron chi connectivity index (χ1n) is 8.21. The van der Waals surface area contributed by atoms with Gasteiger partial charge in [0.15, 0.2) is 0 Å². The Balaban J connectivity index is 2.51. The Morgan fingerprint density at radius 3 is 2.43 bits per heavy atom. The Labute approximate surface area is 140 Å². The minimum Gasteiger partial charge on any atom is -0.388 e. The number of carbonyl (C=O) groups excluding carboxylic acids is 1. The van der Waals surface area contributed by atoms with Gasteiger partial charge in [0, 0.05) is 19.6 Å². The number of hydrogen-bond donors (Lipinski definition) is 3. The lowest BCUT2D eigenvalue weighted by molar-refractivity contribution is 0.00790. The van der Waals surface area contributed by atoms with E-state index in [4.69, 9.17) is 0 Å². The summed E-state index contributed by atoms with van der Waals surface area (Å²) in [4.78, 5) is 14.1. The van der Waals surface area contributed by atoms with Gasteiger partial charge in [-0.3, -0.25) is 0 Å². The maximum Gasteiger partial charge on any atom is 0.315 e. The zero-order chi connectivity index (χ0) is 17.5. The first-order chi connectivity index (χ1) is 10.8. The number of carbonyl (C=O) groups is 1. The van der Waals surface area contributed by atoms with Gasteiger partial charge in [0.05, 0.1) is 5.60 Å². The monoisotopic (exact) mass is 321 g/mol. The molecule has 2 unspecified atom stereocenters. The Morgan fingerprint density at radius 2 is 1.87 bits per heavy atom. The minimum atomic E-state index is -0.894. The molecule has 1 rings (SSSR count). The maximum absolute atomic E-state index is 12.0. The van der Waals surface area contributed by atoms with E-state index < -0.39 is 5.60 Å². The standard InChI is InChI=1S/C18H31N3O2/c1-6-14(2)18(3,23)13-20-17(22)19-11-15-9-7-8-10-16(15)12-21(4)5/h7-10,14,23H,6,11-13H2,1-5H3,(H2,19,20,22). The number of urea groups is 1. The van der Waals surface area contributed by atoms with Crippen LogP contribution in [0.25, 0.3) is 0 Å². The van der Waals surface area contributed by atoms with Crippen molar-refractivity contribution in [2.24, 2.45) is 5.92 Å². The third-order valence-corrected chi connectivity index (χ3v) is 4.33. The highest BCUT2D eigenvalue weighted by molar-refractivity contribution is 5.73. The van der Waals surface area contributed by atoms with Crippen molar-refractivity contribution in [3.05, 3.63) is 35.4 Å². The van der Waals surface area contributed by atoms with E-state index in [0.717, 1.165) is 18.5 Å². The molecule has 130 valence electrons. The van der Waals surface area contributed by atoms with E-state index in [-0.39, 0.29) is 18.5 Å². The molecule has 0 spiro atoms. The fraction of sp³-hybridized carbons (Fsp3) is 0.611. The second kappa shape index (κ2) is 8.89. The van der Waals surface area contributed by atoms with Crippen molar-refractivity contribution in [3.8, 4) is 0 Å². The largest absolute Gasteiger partial charge is 0.388 e. The molecule has 0 fully saturated rings. The molecule has 2 amide bonds. The minimum absolute atomic E-state index is 0.128. The molecule has 0 aliphatic heterocycles. The zero-order valence-electron chi connectivity index (χ0n) is 15.0. The summed E-state index contributed by atoms with van der Waals surface area (Å²) < 4.78 is 0. The second-order valence-corrected chi connectivity index (χ2v) is 6.71. The summed E-state index contributed by atoms with van der Waals surface area (Å²) in [6, 6.07) is 7.82. The molecule has 0 saturated carbocycles. The van der Waals surface area contributed by atoms with Gasteiger partial charge in [0.1, 0.15) is 0 Å². The van der Waals surface area contributed by atoms with Gasteiger partial charge >= 0.3 is 6.03 Å². The summed E-state index contributed by atoms with van der Waals surface area (Å²) in [5.41, 5.74) is 1.41. The van der Waals surface area contributed by atoms with Gasteiger partial charge in [0.25, 0.3) is 0 Å². The van der Waals surface area contributed by atoms with Crippen molar-refractivity contribution in [1.29, 1.82) is 0 Å². The van der Waals surface area contributed by atoms with Gasteiger partial charge in [-0.2, -0.15) is 0 Å². The van der Waals surface area contributed by atoms with Crippen molar-refractivity contribution in [2.45, 2.75) is 45.9 Å². The maximum atomic E-state index is 12.0. The first kappa shape index (κ1) is 19.5. The highest BCUT2D eigenvalue weighted by Gasteiger charge is 2.27. The van der Waals surface area contributed by atoms with Gasteiger partial charge in [0.2, 0.25) is 0 Å². The van der Waals surface area contributed by atoms with Gasteiger partial charge < -0.3 is 20.6 Å². The fourth-order valence-corrected chi connectivity index (χ4v) is 2.34. The normalized spacial score (nSPS) is 15.1. The third-order valence-electron chi connectivity index (χ3n) is 4.33. The van der Waals surface area contributed by atoms with Crippen LogP contribution in [0.2, 0.25) is 0 Å². The van der Waals surface area contributed by atoms with Crippen molar-refractivity contribution < 1.29 is 9.90 Å². The number of rotatable bonds is 8. The molecular formula is C18H31N3O2. The summed E-state index contributed by atoms with van der Waals surface area (Å²) in [7, 11) is 4.04. The van der Waals surface area contributed by atoms with E-state index in [2.05, 4.69) is 21.6 Å². The van der Waals surface area contributed by atoms with Crippen LogP contribution in [0.5, 0.6) is 0 Å². The SMILES string of the molecule is CCC(C)C(C)(O)CNC(=O)NCc1ccccc1CN(C)C. The quantitative estimate of drug-likeness (QED) is 0.688. The smallest absolute Gasteiger partial charge is 0.315 e. The number of aliphatic hydroxyl groups is 1. The van der Waals surface area contributed by atoms with Crippen molar-refractivity contribution in [3.63, 3.8) is 0 Å². The van der Waals surface area contributed by atoms with Gasteiger partial charge in [-0.25, -0.2) is 4.79 Å². The van der Waals surface area contributed by atoms with E-state index in [1.807, 2.05) is 46.1 Å². The summed E-state index contributed by atoms with van der Waals surface area (Å²) in [6.45, 7) is 7.32. The molecule has 0 bridgehead atoms. The Morgan fingerprint density at radius 1 is 1.26 bits per heavy atom. The lowest BCUT2D eigenvalue weighted by Crippen LogP contribution is -2.47. The van der Waals surface area contributed by atoms with Crippen LogP contribution in [0, 0.1) is 5.92 Å². The molecule has 3 N–H and O–H groups in total. The van der Waals surface area contributed by atoms with E-state index in [1.165, 1.54) is 5.56 Å². The molecule has 5 nitrogen and oxygen atoms in total. The van der Waals surface area contributed by atoms with Crippen LogP contribution in [0.3, 0.4) is 0 Å². The molecule has 2 atom stereocenters. The lowest BCUT2D eigenvalue weighted by atomic mass is 9.89. The fourth-order valence-electron chi connectivity index (χ4n) is 2.34. The lowest BCUT2D eigenvalue weighted by Gasteiger charge is -2.29. The average Bonchev–Trinajstić information content (AvgIpc) is 2.50. The van der Waals surface area contributed by atoms with Crippen molar-refractivity contribution in [1.82, 2.24) is 15.5 Å². The van der Waals surface area contributed by atoms with E-state index in [9.17, 15) is 9.90 Å². The van der Waals surface area contributed by atoms with E-state index >= 15 is 0 Å².